The van der Waals surface area contributed by atoms with Gasteiger partial charge >= 0.3 is 5.97 Å². The number of nitrogens with one attached hydrogen (secondary N) is 1. The fourth-order valence-electron chi connectivity index (χ4n) is 1.37. The van der Waals surface area contributed by atoms with E-state index in [2.05, 4.69) is 25.2 Å². The van der Waals surface area contributed by atoms with Gasteiger partial charge in [0.15, 0.2) is 5.69 Å². The number of methoxy groups -OCH3 is 2. The molecule has 0 aromatic carbocycles. The predicted octanol–water partition coefficient (Wildman–Crippen LogP) is 0.253. The molecule has 106 valence electrons. The van der Waals surface area contributed by atoms with Crippen molar-refractivity contribution in [2.75, 3.05) is 52.8 Å². The smallest absolute Gasteiger partial charge is 0.358 e. The summed E-state index contributed by atoms with van der Waals surface area (Å²) in [6.45, 7) is 3.20. The Morgan fingerprint density at radius 1 is 1.32 bits per heavy atom. The lowest BCUT2D eigenvalue weighted by Gasteiger charge is -2.16. The van der Waals surface area contributed by atoms with Gasteiger partial charge in [-0.05, 0) is 19.2 Å². The minimum absolute atomic E-state index is 0.199. The molecule has 0 saturated heterocycles. The molecule has 1 N–H and O–H groups in total. The molecule has 0 radical (unpaired) electrons. The van der Waals surface area contributed by atoms with E-state index in [0.717, 1.165) is 19.6 Å². The van der Waals surface area contributed by atoms with Crippen LogP contribution < -0.4 is 5.32 Å². The first kappa shape index (κ1) is 15.3. The van der Waals surface area contributed by atoms with Crippen LogP contribution in [0.5, 0.6) is 0 Å². The van der Waals surface area contributed by atoms with Gasteiger partial charge in [-0.1, -0.05) is 0 Å². The average Bonchev–Trinajstić information content (AvgIpc) is 2.45. The zero-order valence-corrected chi connectivity index (χ0v) is 11.5. The second-order valence-electron chi connectivity index (χ2n) is 4.02. The molecule has 0 atom stereocenters. The molecule has 1 aromatic heterocycles. The normalized spacial score (nSPS) is 10.5. The molecule has 0 aliphatic rings. The molecule has 1 heterocycles. The molecule has 0 aliphatic carbocycles. The highest BCUT2D eigenvalue weighted by atomic mass is 16.5. The summed E-state index contributed by atoms with van der Waals surface area (Å²) in [4.78, 5) is 13.3. The van der Waals surface area contributed by atoms with E-state index in [1.807, 2.05) is 7.05 Å². The standard InChI is InChI=1S/C12H20N4O3/c1-16(8-9-18-2)7-6-13-11-5-4-10(14-15-11)12(17)19-3/h4-5H,6-9H2,1-3H3,(H,13,15). The molecule has 19 heavy (non-hydrogen) atoms. The van der Waals surface area contributed by atoms with Crippen molar-refractivity contribution in [1.29, 1.82) is 0 Å². The Morgan fingerprint density at radius 3 is 2.68 bits per heavy atom. The highest BCUT2D eigenvalue weighted by Crippen LogP contribution is 2.02. The molecule has 0 aliphatic heterocycles. The van der Waals surface area contributed by atoms with Gasteiger partial charge in [0, 0.05) is 26.7 Å². The van der Waals surface area contributed by atoms with E-state index in [-0.39, 0.29) is 5.69 Å². The van der Waals surface area contributed by atoms with Gasteiger partial charge in [-0.2, -0.15) is 0 Å². The first-order valence-electron chi connectivity index (χ1n) is 6.00. The van der Waals surface area contributed by atoms with Gasteiger partial charge in [0.05, 0.1) is 13.7 Å². The number of carbonyl (C=O) groups is 1. The van der Waals surface area contributed by atoms with Crippen LogP contribution in [-0.4, -0.2) is 68.6 Å². The first-order valence-corrected chi connectivity index (χ1v) is 6.00. The zero-order chi connectivity index (χ0) is 14.1. The van der Waals surface area contributed by atoms with E-state index < -0.39 is 5.97 Å². The van der Waals surface area contributed by atoms with Gasteiger partial charge in [-0.15, -0.1) is 10.2 Å². The third kappa shape index (κ3) is 5.62. The van der Waals surface area contributed by atoms with Crippen LogP contribution in [-0.2, 0) is 9.47 Å². The number of aromatic nitrogens is 2. The van der Waals surface area contributed by atoms with Crippen LogP contribution in [0.3, 0.4) is 0 Å². The summed E-state index contributed by atoms with van der Waals surface area (Å²) in [7, 11) is 5.02. The second-order valence-corrected chi connectivity index (χ2v) is 4.02. The Kier molecular flexibility index (Phi) is 6.76. The van der Waals surface area contributed by atoms with Crippen LogP contribution in [0.15, 0.2) is 12.1 Å². The minimum atomic E-state index is -0.488. The lowest BCUT2D eigenvalue weighted by molar-refractivity contribution is 0.0593. The van der Waals surface area contributed by atoms with E-state index in [0.29, 0.717) is 12.4 Å². The lowest BCUT2D eigenvalue weighted by atomic mass is 10.4. The molecule has 1 rings (SSSR count). The minimum Gasteiger partial charge on any atom is -0.464 e. The van der Waals surface area contributed by atoms with E-state index in [4.69, 9.17) is 4.74 Å². The van der Waals surface area contributed by atoms with Crippen molar-refractivity contribution < 1.29 is 14.3 Å². The summed E-state index contributed by atoms with van der Waals surface area (Å²) >= 11 is 0. The molecule has 1 aromatic rings. The third-order valence-corrected chi connectivity index (χ3v) is 2.54. The molecule has 0 fully saturated rings. The Hall–Kier alpha value is -1.73. The fraction of sp³-hybridized carbons (Fsp3) is 0.583. The molecule has 0 saturated carbocycles. The Labute approximate surface area is 112 Å². The van der Waals surface area contributed by atoms with Crippen molar-refractivity contribution in [2.45, 2.75) is 0 Å². The summed E-state index contributed by atoms with van der Waals surface area (Å²) in [6.07, 6.45) is 0. The summed E-state index contributed by atoms with van der Waals surface area (Å²) in [5.74, 6) is 0.145. The second kappa shape index (κ2) is 8.39. The number of esters is 1. The molecular weight excluding hydrogens is 248 g/mol. The monoisotopic (exact) mass is 268 g/mol. The van der Waals surface area contributed by atoms with Crippen LogP contribution in [0, 0.1) is 0 Å². The number of likely N-dealkylation sites (N-methyl/N-ethyl adjacent to an activating group) is 1. The van der Waals surface area contributed by atoms with Crippen LogP contribution in [0.2, 0.25) is 0 Å². The van der Waals surface area contributed by atoms with Crippen molar-refractivity contribution in [3.63, 3.8) is 0 Å². The fourth-order valence-corrected chi connectivity index (χ4v) is 1.37. The maximum Gasteiger partial charge on any atom is 0.358 e. The SMILES string of the molecule is COCCN(C)CCNc1ccc(C(=O)OC)nn1. The maximum absolute atomic E-state index is 11.2. The van der Waals surface area contributed by atoms with Gasteiger partial charge in [-0.25, -0.2) is 4.79 Å². The molecule has 0 bridgehead atoms. The summed E-state index contributed by atoms with van der Waals surface area (Å²) in [5.41, 5.74) is 0.199. The van der Waals surface area contributed by atoms with E-state index >= 15 is 0 Å². The van der Waals surface area contributed by atoms with Gasteiger partial charge in [0.1, 0.15) is 5.82 Å². The summed E-state index contributed by atoms with van der Waals surface area (Å²) in [5, 5.41) is 10.8. The van der Waals surface area contributed by atoms with E-state index in [9.17, 15) is 4.79 Å². The largest absolute Gasteiger partial charge is 0.464 e. The molecular formula is C12H20N4O3. The average molecular weight is 268 g/mol. The quantitative estimate of drug-likeness (QED) is 0.677. The Bertz CT molecular complexity index is 383. The van der Waals surface area contributed by atoms with Crippen LogP contribution in [0.25, 0.3) is 0 Å². The number of carbonyl (C=O) groups excluding carboxylic acids is 1. The van der Waals surface area contributed by atoms with Crippen molar-refractivity contribution >= 4 is 11.8 Å². The highest BCUT2D eigenvalue weighted by molar-refractivity contribution is 5.86. The maximum atomic E-state index is 11.2. The van der Waals surface area contributed by atoms with Gasteiger partial charge in [-0.3, -0.25) is 0 Å². The zero-order valence-electron chi connectivity index (χ0n) is 11.5. The van der Waals surface area contributed by atoms with Crippen molar-refractivity contribution in [2.24, 2.45) is 0 Å². The van der Waals surface area contributed by atoms with Crippen LogP contribution in [0.1, 0.15) is 10.5 Å². The number of hydrogen-bond acceptors (Lipinski definition) is 7. The number of nitrogens with zero attached hydrogens (tertiary/aromatic N) is 3. The molecule has 0 amide bonds. The first-order chi connectivity index (χ1) is 9.17. The molecule has 7 nitrogen and oxygen atoms in total. The van der Waals surface area contributed by atoms with Crippen LogP contribution >= 0.6 is 0 Å². The van der Waals surface area contributed by atoms with Gasteiger partial charge < -0.3 is 19.7 Å². The number of hydrogen-bond donors (Lipinski definition) is 1. The number of anilines is 1. The molecule has 0 spiro atoms. The number of ether oxygens (including phenoxy) is 2. The topological polar surface area (TPSA) is 76.6 Å². The Balaban J connectivity index is 2.32. The number of rotatable bonds is 8. The third-order valence-electron chi connectivity index (χ3n) is 2.54. The molecule has 0 unspecified atom stereocenters. The van der Waals surface area contributed by atoms with Crippen molar-refractivity contribution in [1.82, 2.24) is 15.1 Å². The van der Waals surface area contributed by atoms with E-state index in [1.54, 1.807) is 19.2 Å². The summed E-state index contributed by atoms with van der Waals surface area (Å²) < 4.78 is 9.54. The predicted molar refractivity (Wildman–Crippen MR) is 71.2 cm³/mol. The van der Waals surface area contributed by atoms with Gasteiger partial charge in [0.25, 0.3) is 0 Å². The van der Waals surface area contributed by atoms with Crippen molar-refractivity contribution in [3.05, 3.63) is 17.8 Å². The molecule has 7 heteroatoms. The van der Waals surface area contributed by atoms with Crippen LogP contribution in [0.4, 0.5) is 5.82 Å². The van der Waals surface area contributed by atoms with E-state index in [1.165, 1.54) is 7.11 Å². The highest BCUT2D eigenvalue weighted by Gasteiger charge is 2.07. The lowest BCUT2D eigenvalue weighted by Crippen LogP contribution is -2.28. The van der Waals surface area contributed by atoms with Crippen molar-refractivity contribution in [3.8, 4) is 0 Å². The summed E-state index contributed by atoms with van der Waals surface area (Å²) in [6, 6.07) is 3.28. The Morgan fingerprint density at radius 2 is 2.11 bits per heavy atom. The van der Waals surface area contributed by atoms with Gasteiger partial charge in [0.2, 0.25) is 0 Å².